The quantitative estimate of drug-likeness (QED) is 0.536. The van der Waals surface area contributed by atoms with Crippen LogP contribution in [0.4, 0.5) is 11.4 Å². The van der Waals surface area contributed by atoms with Crippen LogP contribution >= 0.6 is 0 Å². The fraction of sp³-hybridized carbons (Fsp3) is 0. The highest BCUT2D eigenvalue weighted by Crippen LogP contribution is 2.34. The molecular formula is C23H16N2O3. The van der Waals surface area contributed by atoms with Crippen molar-refractivity contribution in [3.63, 3.8) is 0 Å². The molecule has 1 amide bonds. The Hall–Kier alpha value is -3.99. The van der Waals surface area contributed by atoms with Crippen molar-refractivity contribution < 1.29 is 14.4 Å². The summed E-state index contributed by atoms with van der Waals surface area (Å²) in [5.41, 5.74) is 8.66. The Labute approximate surface area is 161 Å². The van der Waals surface area contributed by atoms with E-state index in [1.165, 1.54) is 0 Å². The minimum absolute atomic E-state index is 0.161. The number of hydrogen-bond donors (Lipinski definition) is 2. The summed E-state index contributed by atoms with van der Waals surface area (Å²) in [6.07, 6.45) is 1.68. The first-order valence-electron chi connectivity index (χ1n) is 8.66. The molecule has 1 aliphatic carbocycles. The van der Waals surface area contributed by atoms with Gasteiger partial charge in [0.25, 0.3) is 5.91 Å². The Kier molecular flexibility index (Phi) is 4.12. The van der Waals surface area contributed by atoms with Crippen molar-refractivity contribution in [1.29, 1.82) is 0 Å². The number of nitrogens with two attached hydrogens (primary N) is 1. The van der Waals surface area contributed by atoms with Crippen LogP contribution in [0, 0.1) is 0 Å². The molecule has 3 N–H and O–H groups in total. The summed E-state index contributed by atoms with van der Waals surface area (Å²) in [7, 11) is 0. The third kappa shape index (κ3) is 2.70. The maximum Gasteiger partial charge on any atom is 0.255 e. The predicted molar refractivity (Wildman–Crippen MR) is 109 cm³/mol. The van der Waals surface area contributed by atoms with E-state index < -0.39 is 0 Å². The van der Waals surface area contributed by atoms with Crippen molar-refractivity contribution in [3.05, 3.63) is 101 Å². The van der Waals surface area contributed by atoms with E-state index in [4.69, 9.17) is 5.73 Å². The monoisotopic (exact) mass is 368 g/mol. The first-order valence-corrected chi connectivity index (χ1v) is 8.66. The molecule has 136 valence electrons. The second kappa shape index (κ2) is 6.63. The molecule has 5 heteroatoms. The van der Waals surface area contributed by atoms with E-state index in [0.29, 0.717) is 5.56 Å². The van der Waals surface area contributed by atoms with Crippen LogP contribution < -0.4 is 11.1 Å². The van der Waals surface area contributed by atoms with E-state index >= 15 is 0 Å². The lowest BCUT2D eigenvalue weighted by Crippen LogP contribution is -2.25. The summed E-state index contributed by atoms with van der Waals surface area (Å²) in [6.45, 7) is 3.68. The molecule has 0 atom stereocenters. The van der Waals surface area contributed by atoms with Crippen LogP contribution in [0.15, 0.2) is 67.2 Å². The van der Waals surface area contributed by atoms with Gasteiger partial charge in [0.1, 0.15) is 0 Å². The topological polar surface area (TPSA) is 89.3 Å². The highest BCUT2D eigenvalue weighted by Gasteiger charge is 2.33. The minimum Gasteiger partial charge on any atom is -0.398 e. The van der Waals surface area contributed by atoms with Gasteiger partial charge in [0, 0.05) is 22.4 Å². The van der Waals surface area contributed by atoms with E-state index in [1.54, 1.807) is 66.7 Å². The van der Waals surface area contributed by atoms with Gasteiger partial charge in [0.2, 0.25) is 0 Å². The molecular weight excluding hydrogens is 352 g/mol. The predicted octanol–water partition coefficient (Wildman–Crippen LogP) is 3.94. The van der Waals surface area contributed by atoms with E-state index in [0.717, 1.165) is 5.56 Å². The highest BCUT2D eigenvalue weighted by atomic mass is 16.2. The number of fused-ring (bicyclic) bond motifs is 2. The SMILES string of the molecule is C=Cc1ccc(C(=O)Nc2cccc3c2C(=O)c2c(N)cccc2C3=O)cc1. The van der Waals surface area contributed by atoms with Gasteiger partial charge in [0.15, 0.2) is 11.6 Å². The van der Waals surface area contributed by atoms with E-state index in [1.807, 2.05) is 0 Å². The van der Waals surface area contributed by atoms with Gasteiger partial charge in [-0.3, -0.25) is 14.4 Å². The number of carbonyl (C=O) groups excluding carboxylic acids is 3. The van der Waals surface area contributed by atoms with E-state index in [9.17, 15) is 14.4 Å². The first-order chi connectivity index (χ1) is 13.5. The van der Waals surface area contributed by atoms with Gasteiger partial charge >= 0.3 is 0 Å². The number of amides is 1. The van der Waals surface area contributed by atoms with Gasteiger partial charge in [-0.05, 0) is 29.8 Å². The third-order valence-electron chi connectivity index (χ3n) is 4.76. The Balaban J connectivity index is 1.76. The Morgan fingerprint density at radius 3 is 2.18 bits per heavy atom. The first kappa shape index (κ1) is 17.4. The van der Waals surface area contributed by atoms with Crippen molar-refractivity contribution in [3.8, 4) is 0 Å². The molecule has 0 saturated heterocycles. The number of benzene rings is 3. The van der Waals surface area contributed by atoms with Crippen LogP contribution in [0.5, 0.6) is 0 Å². The molecule has 3 aromatic carbocycles. The lowest BCUT2D eigenvalue weighted by molar-refractivity contribution is 0.0979. The fourth-order valence-corrected chi connectivity index (χ4v) is 3.34. The summed E-state index contributed by atoms with van der Waals surface area (Å²) in [5, 5.41) is 2.75. The number of carbonyl (C=O) groups is 3. The molecule has 1 aliphatic rings. The van der Waals surface area contributed by atoms with Crippen molar-refractivity contribution >= 4 is 34.9 Å². The summed E-state index contributed by atoms with van der Waals surface area (Å²) < 4.78 is 0. The fourth-order valence-electron chi connectivity index (χ4n) is 3.34. The molecule has 3 aromatic rings. The van der Waals surface area contributed by atoms with Gasteiger partial charge in [-0.2, -0.15) is 0 Å². The molecule has 0 spiro atoms. The second-order valence-electron chi connectivity index (χ2n) is 6.44. The Bertz CT molecular complexity index is 1160. The largest absolute Gasteiger partial charge is 0.398 e. The van der Waals surface area contributed by atoms with Gasteiger partial charge < -0.3 is 11.1 Å². The number of nitrogens with one attached hydrogen (secondary N) is 1. The van der Waals surface area contributed by atoms with Gasteiger partial charge in [0.05, 0.1) is 16.8 Å². The zero-order valence-electron chi connectivity index (χ0n) is 14.9. The molecule has 28 heavy (non-hydrogen) atoms. The van der Waals surface area contributed by atoms with Gasteiger partial charge in [-0.1, -0.05) is 49.1 Å². The third-order valence-corrected chi connectivity index (χ3v) is 4.76. The number of anilines is 2. The lowest BCUT2D eigenvalue weighted by atomic mass is 9.82. The van der Waals surface area contributed by atoms with Crippen LogP contribution in [0.3, 0.4) is 0 Å². The highest BCUT2D eigenvalue weighted by molar-refractivity contribution is 6.32. The number of hydrogen-bond acceptors (Lipinski definition) is 4. The summed E-state index contributed by atoms with van der Waals surface area (Å²) in [6, 6.07) is 16.5. The molecule has 0 fully saturated rings. The molecule has 5 nitrogen and oxygen atoms in total. The average Bonchev–Trinajstić information content (AvgIpc) is 2.71. The van der Waals surface area contributed by atoms with Gasteiger partial charge in [-0.15, -0.1) is 0 Å². The number of ketones is 2. The van der Waals surface area contributed by atoms with Crippen LogP contribution in [0.1, 0.15) is 47.8 Å². The Morgan fingerprint density at radius 2 is 1.50 bits per heavy atom. The summed E-state index contributed by atoms with van der Waals surface area (Å²) in [5.74, 6) is -1.04. The molecule has 0 bridgehead atoms. The van der Waals surface area contributed by atoms with E-state index in [2.05, 4.69) is 11.9 Å². The standard InChI is InChI=1S/C23H16N2O3/c1-2-13-9-11-14(12-10-13)23(28)25-18-8-4-6-16-20(18)22(27)19-15(21(16)26)5-3-7-17(19)24/h2-12H,1,24H2,(H,25,28). The van der Waals surface area contributed by atoms with Crippen molar-refractivity contribution in [1.82, 2.24) is 0 Å². The van der Waals surface area contributed by atoms with Crippen molar-refractivity contribution in [2.75, 3.05) is 11.1 Å². The van der Waals surface area contributed by atoms with Crippen molar-refractivity contribution in [2.24, 2.45) is 0 Å². The maximum absolute atomic E-state index is 13.1. The van der Waals surface area contributed by atoms with E-state index in [-0.39, 0.29) is 51.1 Å². The Morgan fingerprint density at radius 1 is 0.857 bits per heavy atom. The number of rotatable bonds is 3. The molecule has 0 unspecified atom stereocenters. The second-order valence-corrected chi connectivity index (χ2v) is 6.44. The summed E-state index contributed by atoms with van der Waals surface area (Å²) >= 11 is 0. The molecule has 4 rings (SSSR count). The minimum atomic E-state index is -0.379. The summed E-state index contributed by atoms with van der Waals surface area (Å²) in [4.78, 5) is 38.6. The zero-order chi connectivity index (χ0) is 19.8. The van der Waals surface area contributed by atoms with Gasteiger partial charge in [-0.25, -0.2) is 0 Å². The van der Waals surface area contributed by atoms with Crippen LogP contribution in [-0.2, 0) is 0 Å². The molecule has 0 heterocycles. The van der Waals surface area contributed by atoms with Crippen molar-refractivity contribution in [2.45, 2.75) is 0 Å². The average molecular weight is 368 g/mol. The smallest absolute Gasteiger partial charge is 0.255 e. The maximum atomic E-state index is 13.1. The zero-order valence-corrected chi connectivity index (χ0v) is 14.9. The van der Waals surface area contributed by atoms with Crippen LogP contribution in [0.25, 0.3) is 6.08 Å². The normalized spacial score (nSPS) is 12.1. The lowest BCUT2D eigenvalue weighted by Gasteiger charge is -2.21. The molecule has 0 radical (unpaired) electrons. The van der Waals surface area contributed by atoms with Crippen LogP contribution in [0.2, 0.25) is 0 Å². The molecule has 0 saturated carbocycles. The molecule has 0 aliphatic heterocycles. The molecule has 0 aromatic heterocycles. The van der Waals surface area contributed by atoms with Crippen LogP contribution in [-0.4, -0.2) is 17.5 Å². The number of nitrogen functional groups attached to an aromatic ring is 1.